The molecular formula is C16H20Cl2N2O2. The van der Waals surface area contributed by atoms with Gasteiger partial charge in [0.05, 0.1) is 17.7 Å². The third-order valence-electron chi connectivity index (χ3n) is 3.81. The molecule has 0 bridgehead atoms. The number of hydrogen-bond acceptors (Lipinski definition) is 3. The van der Waals surface area contributed by atoms with Gasteiger partial charge in [0.15, 0.2) is 0 Å². The van der Waals surface area contributed by atoms with Crippen molar-refractivity contribution < 1.29 is 9.53 Å². The second-order valence-corrected chi connectivity index (χ2v) is 7.21. The topological polar surface area (TPSA) is 50.7 Å². The van der Waals surface area contributed by atoms with Crippen molar-refractivity contribution in [3.05, 3.63) is 29.8 Å². The van der Waals surface area contributed by atoms with Crippen molar-refractivity contribution in [2.45, 2.75) is 37.9 Å². The van der Waals surface area contributed by atoms with Gasteiger partial charge >= 0.3 is 0 Å². The lowest BCUT2D eigenvalue weighted by atomic mass is 10.1. The number of carbonyl (C=O) groups is 1. The van der Waals surface area contributed by atoms with Gasteiger partial charge in [-0.2, -0.15) is 5.10 Å². The van der Waals surface area contributed by atoms with Crippen LogP contribution < -0.4 is 10.2 Å². The van der Waals surface area contributed by atoms with Crippen molar-refractivity contribution >= 4 is 34.8 Å². The molecule has 0 radical (unpaired) electrons. The van der Waals surface area contributed by atoms with E-state index >= 15 is 0 Å². The molecule has 1 aliphatic carbocycles. The zero-order valence-corrected chi connectivity index (χ0v) is 14.5. The van der Waals surface area contributed by atoms with E-state index in [0.29, 0.717) is 18.7 Å². The van der Waals surface area contributed by atoms with Gasteiger partial charge in [-0.25, -0.2) is 5.43 Å². The zero-order chi connectivity index (χ0) is 16.4. The van der Waals surface area contributed by atoms with E-state index < -0.39 is 9.75 Å². The number of alkyl halides is 2. The maximum absolute atomic E-state index is 12.1. The molecule has 1 aromatic carbocycles. The molecule has 0 aromatic heterocycles. The van der Waals surface area contributed by atoms with E-state index in [0.717, 1.165) is 17.7 Å². The molecule has 1 unspecified atom stereocenters. The summed E-state index contributed by atoms with van der Waals surface area (Å²) in [4.78, 5) is 12.1. The van der Waals surface area contributed by atoms with E-state index in [1.165, 1.54) is 0 Å². The van der Waals surface area contributed by atoms with Gasteiger partial charge in [-0.05, 0) is 38.8 Å². The largest absolute Gasteiger partial charge is 0.494 e. The lowest BCUT2D eigenvalue weighted by molar-refractivity contribution is -0.125. The quantitative estimate of drug-likeness (QED) is 0.484. The van der Waals surface area contributed by atoms with Crippen molar-refractivity contribution in [2.75, 3.05) is 6.61 Å². The molecule has 2 rings (SSSR count). The highest BCUT2D eigenvalue weighted by atomic mass is 35.5. The first-order valence-electron chi connectivity index (χ1n) is 7.26. The predicted octanol–water partition coefficient (Wildman–Crippen LogP) is 3.90. The minimum Gasteiger partial charge on any atom is -0.494 e. The summed E-state index contributed by atoms with van der Waals surface area (Å²) >= 11 is 12.0. The Morgan fingerprint density at radius 1 is 1.45 bits per heavy atom. The monoisotopic (exact) mass is 342 g/mol. The predicted molar refractivity (Wildman–Crippen MR) is 89.7 cm³/mol. The van der Waals surface area contributed by atoms with E-state index in [1.54, 1.807) is 6.92 Å². The Labute approximate surface area is 140 Å². The summed E-state index contributed by atoms with van der Waals surface area (Å²) in [6.07, 6.45) is 1.38. The molecule has 1 saturated carbocycles. The minimum absolute atomic E-state index is 0.268. The Morgan fingerprint density at radius 2 is 2.14 bits per heavy atom. The van der Waals surface area contributed by atoms with Gasteiger partial charge in [0.25, 0.3) is 0 Å². The third kappa shape index (κ3) is 3.55. The van der Waals surface area contributed by atoms with Gasteiger partial charge < -0.3 is 4.74 Å². The molecule has 6 heteroatoms. The first kappa shape index (κ1) is 17.1. The highest BCUT2D eigenvalue weighted by molar-refractivity contribution is 6.53. The molecule has 1 aliphatic rings. The van der Waals surface area contributed by atoms with E-state index in [4.69, 9.17) is 27.9 Å². The number of hydrogen-bond donors (Lipinski definition) is 1. The lowest BCUT2D eigenvalue weighted by Crippen LogP contribution is -2.30. The summed E-state index contributed by atoms with van der Waals surface area (Å²) in [5.41, 5.74) is 3.35. The first-order chi connectivity index (χ1) is 10.3. The van der Waals surface area contributed by atoms with Crippen LogP contribution in [0.15, 0.2) is 29.4 Å². The molecule has 120 valence electrons. The number of halogens is 2. The van der Waals surface area contributed by atoms with Crippen molar-refractivity contribution in [3.63, 3.8) is 0 Å². The van der Waals surface area contributed by atoms with Crippen LogP contribution in [0.25, 0.3) is 0 Å². The smallest absolute Gasteiger partial charge is 0.249 e. The average Bonchev–Trinajstić information content (AvgIpc) is 3.02. The normalized spacial score (nSPS) is 23.0. The first-order valence-corrected chi connectivity index (χ1v) is 8.01. The summed E-state index contributed by atoms with van der Waals surface area (Å²) in [6.45, 7) is 6.27. The Bertz CT molecular complexity index is 602. The van der Waals surface area contributed by atoms with Crippen molar-refractivity contribution in [1.82, 2.24) is 5.43 Å². The molecule has 0 spiro atoms. The number of rotatable bonds is 6. The van der Waals surface area contributed by atoms with Crippen molar-refractivity contribution in [2.24, 2.45) is 10.5 Å². The lowest BCUT2D eigenvalue weighted by Gasteiger charge is -2.10. The summed E-state index contributed by atoms with van der Waals surface area (Å²) < 4.78 is 4.59. The molecule has 4 nitrogen and oxygen atoms in total. The van der Waals surface area contributed by atoms with Gasteiger partial charge in [0.2, 0.25) is 5.91 Å². The molecule has 0 heterocycles. The van der Waals surface area contributed by atoms with E-state index in [2.05, 4.69) is 17.5 Å². The van der Waals surface area contributed by atoms with Gasteiger partial charge in [0, 0.05) is 5.56 Å². The Balaban J connectivity index is 2.02. The number of nitrogens with one attached hydrogen (secondary N) is 1. The van der Waals surface area contributed by atoms with Gasteiger partial charge in [0.1, 0.15) is 10.1 Å². The van der Waals surface area contributed by atoms with Crippen LogP contribution >= 0.6 is 23.2 Å². The summed E-state index contributed by atoms with van der Waals surface area (Å²) in [7, 11) is 0. The van der Waals surface area contributed by atoms with Crippen LogP contribution in [0.5, 0.6) is 5.75 Å². The van der Waals surface area contributed by atoms with Crippen LogP contribution in [-0.4, -0.2) is 22.6 Å². The molecule has 1 atom stereocenters. The SMILES string of the molecule is CCCOc1cccc(/C(C)=N/NC(=O)C2(C)CC2(Cl)Cl)c1. The fraction of sp³-hybridized carbons (Fsp3) is 0.500. The van der Waals surface area contributed by atoms with Gasteiger partial charge in [-0.3, -0.25) is 4.79 Å². The van der Waals surface area contributed by atoms with Crippen molar-refractivity contribution in [3.8, 4) is 5.75 Å². The number of carbonyl (C=O) groups excluding carboxylic acids is 1. The Hall–Kier alpha value is -1.26. The molecule has 1 N–H and O–H groups in total. The highest BCUT2D eigenvalue weighted by Crippen LogP contribution is 2.63. The van der Waals surface area contributed by atoms with Gasteiger partial charge in [-0.1, -0.05) is 19.1 Å². The molecule has 0 aliphatic heterocycles. The summed E-state index contributed by atoms with van der Waals surface area (Å²) in [5.74, 6) is 0.519. The van der Waals surface area contributed by atoms with E-state index in [9.17, 15) is 4.79 Å². The van der Waals surface area contributed by atoms with Crippen LogP contribution in [0.1, 0.15) is 39.2 Å². The number of hydrazone groups is 1. The number of nitrogens with zero attached hydrogens (tertiary/aromatic N) is 1. The van der Waals surface area contributed by atoms with Crippen LogP contribution in [0.3, 0.4) is 0 Å². The van der Waals surface area contributed by atoms with Crippen molar-refractivity contribution in [1.29, 1.82) is 0 Å². The van der Waals surface area contributed by atoms with Gasteiger partial charge in [-0.15, -0.1) is 23.2 Å². The number of amides is 1. The number of benzene rings is 1. The third-order valence-corrected chi connectivity index (χ3v) is 4.91. The summed E-state index contributed by atoms with van der Waals surface area (Å²) in [6, 6.07) is 7.60. The molecule has 1 fully saturated rings. The maximum Gasteiger partial charge on any atom is 0.249 e. The Kier molecular flexibility index (Phi) is 5.03. The highest BCUT2D eigenvalue weighted by Gasteiger charge is 2.68. The minimum atomic E-state index is -0.992. The maximum atomic E-state index is 12.1. The standard InChI is InChI=1S/C16H20Cl2N2O2/c1-4-8-22-13-7-5-6-12(9-13)11(2)19-20-14(21)15(3)10-16(15,17)18/h5-7,9H,4,8,10H2,1-3H3,(H,20,21)/b19-11+. The van der Waals surface area contributed by atoms with Crippen LogP contribution in [-0.2, 0) is 4.79 Å². The van der Waals surface area contributed by atoms with E-state index in [1.807, 2.05) is 31.2 Å². The fourth-order valence-electron chi connectivity index (χ4n) is 2.00. The molecule has 1 aromatic rings. The molecule has 1 amide bonds. The Morgan fingerprint density at radius 3 is 2.73 bits per heavy atom. The van der Waals surface area contributed by atoms with Crippen LogP contribution in [0.2, 0.25) is 0 Å². The van der Waals surface area contributed by atoms with Crippen LogP contribution in [0, 0.1) is 5.41 Å². The molecule has 0 saturated heterocycles. The number of ether oxygens (including phenoxy) is 1. The second-order valence-electron chi connectivity index (χ2n) is 5.73. The molecular weight excluding hydrogens is 323 g/mol. The second kappa shape index (κ2) is 6.47. The summed E-state index contributed by atoms with van der Waals surface area (Å²) in [5, 5.41) is 4.13. The zero-order valence-electron chi connectivity index (χ0n) is 13.0. The molecule has 22 heavy (non-hydrogen) atoms. The van der Waals surface area contributed by atoms with E-state index in [-0.39, 0.29) is 5.91 Å². The fourth-order valence-corrected chi connectivity index (χ4v) is 2.71. The average molecular weight is 343 g/mol. The van der Waals surface area contributed by atoms with Crippen LogP contribution in [0.4, 0.5) is 0 Å².